The topological polar surface area (TPSA) is 111 Å². The molecule has 0 saturated carbocycles. The van der Waals surface area contributed by atoms with Crippen molar-refractivity contribution < 1.29 is 8.42 Å². The Hall–Kier alpha value is -2.06. The number of hydrogen-bond acceptors (Lipinski definition) is 6. The van der Waals surface area contributed by atoms with Crippen molar-refractivity contribution in [3.05, 3.63) is 42.2 Å². The van der Waals surface area contributed by atoms with Gasteiger partial charge in [0.05, 0.1) is 17.3 Å². The molecule has 1 aromatic heterocycles. The fourth-order valence-electron chi connectivity index (χ4n) is 1.48. The predicted octanol–water partition coefficient (Wildman–Crippen LogP) is 0.174. The van der Waals surface area contributed by atoms with Crippen molar-refractivity contribution in [3.63, 3.8) is 0 Å². The highest BCUT2D eigenvalue weighted by Crippen LogP contribution is 2.13. The highest BCUT2D eigenvalue weighted by atomic mass is 32.2. The second-order valence-corrected chi connectivity index (χ2v) is 5.44. The molecule has 0 radical (unpaired) electrons. The number of rotatable bonds is 5. The van der Waals surface area contributed by atoms with E-state index in [1.807, 2.05) is 0 Å². The summed E-state index contributed by atoms with van der Waals surface area (Å²) in [5.41, 5.74) is 6.42. The fourth-order valence-corrected chi connectivity index (χ4v) is 2.42. The van der Waals surface area contributed by atoms with Gasteiger partial charge in [-0.2, -0.15) is 5.10 Å². The van der Waals surface area contributed by atoms with Crippen LogP contribution in [0.4, 0.5) is 5.95 Å². The number of nitrogens with one attached hydrogen (secondary N) is 1. The maximum Gasteiger partial charge on any atom is 0.264 e. The molecule has 2 aromatic rings. The van der Waals surface area contributed by atoms with Gasteiger partial charge in [-0.15, -0.1) is 5.10 Å². The molecule has 3 N–H and O–H groups in total. The van der Waals surface area contributed by atoms with E-state index in [1.165, 1.54) is 24.5 Å². The second-order valence-electron chi connectivity index (χ2n) is 3.75. The molecule has 19 heavy (non-hydrogen) atoms. The lowest BCUT2D eigenvalue weighted by atomic mass is 10.2. The minimum Gasteiger partial charge on any atom is -0.330 e. The van der Waals surface area contributed by atoms with Gasteiger partial charge in [0.25, 0.3) is 16.0 Å². The molecule has 0 spiro atoms. The third-order valence-corrected chi connectivity index (χ3v) is 3.72. The van der Waals surface area contributed by atoms with Crippen LogP contribution in [-0.4, -0.2) is 30.1 Å². The average molecular weight is 279 g/mol. The highest BCUT2D eigenvalue weighted by molar-refractivity contribution is 7.92. The lowest BCUT2D eigenvalue weighted by molar-refractivity contribution is 0.600. The largest absolute Gasteiger partial charge is 0.330 e. The van der Waals surface area contributed by atoms with Gasteiger partial charge in [-0.3, -0.25) is 0 Å². The standard InChI is InChI=1S/C11H13N5O2S/c12-6-5-9-1-3-10(4-2-9)19(17,18)16-11-13-7-8-14-15-11/h1-4,7-8H,5-6,12H2,(H,13,15,16). The SMILES string of the molecule is NCCc1ccc(S(=O)(=O)Nc2nccnn2)cc1. The quantitative estimate of drug-likeness (QED) is 0.807. The van der Waals surface area contributed by atoms with Crippen molar-refractivity contribution in [1.82, 2.24) is 15.2 Å². The maximum atomic E-state index is 12.0. The van der Waals surface area contributed by atoms with Gasteiger partial charge in [-0.25, -0.2) is 18.1 Å². The summed E-state index contributed by atoms with van der Waals surface area (Å²) >= 11 is 0. The lowest BCUT2D eigenvalue weighted by Crippen LogP contribution is -2.15. The minimum absolute atomic E-state index is 0.0615. The summed E-state index contributed by atoms with van der Waals surface area (Å²) in [6.45, 7) is 0.522. The number of nitrogens with two attached hydrogens (primary N) is 1. The molecule has 0 aliphatic heterocycles. The zero-order chi connectivity index (χ0) is 13.7. The van der Waals surface area contributed by atoms with Gasteiger partial charge in [-0.1, -0.05) is 12.1 Å². The zero-order valence-electron chi connectivity index (χ0n) is 10.0. The summed E-state index contributed by atoms with van der Waals surface area (Å²) in [7, 11) is -3.69. The summed E-state index contributed by atoms with van der Waals surface area (Å²) in [4.78, 5) is 3.90. The Morgan fingerprint density at radius 2 is 1.89 bits per heavy atom. The van der Waals surface area contributed by atoms with Gasteiger partial charge in [0, 0.05) is 0 Å². The molecule has 7 nitrogen and oxygen atoms in total. The maximum absolute atomic E-state index is 12.0. The predicted molar refractivity (Wildman–Crippen MR) is 69.8 cm³/mol. The van der Waals surface area contributed by atoms with Gasteiger partial charge in [0.15, 0.2) is 0 Å². The number of anilines is 1. The summed E-state index contributed by atoms with van der Waals surface area (Å²) in [5, 5.41) is 7.12. The molecular formula is C11H13N5O2S. The summed E-state index contributed by atoms with van der Waals surface area (Å²) in [5.74, 6) is -0.0615. The van der Waals surface area contributed by atoms with Crippen LogP contribution in [0.15, 0.2) is 41.6 Å². The molecule has 2 rings (SSSR count). The molecule has 0 aliphatic rings. The van der Waals surface area contributed by atoms with Gasteiger partial charge >= 0.3 is 0 Å². The van der Waals surface area contributed by atoms with Gasteiger partial charge in [0.1, 0.15) is 0 Å². The average Bonchev–Trinajstić information content (AvgIpc) is 2.40. The molecule has 0 aliphatic carbocycles. The van der Waals surface area contributed by atoms with Gasteiger partial charge in [-0.05, 0) is 30.7 Å². The molecular weight excluding hydrogens is 266 g/mol. The molecule has 0 fully saturated rings. The third kappa shape index (κ3) is 3.46. The van der Waals surface area contributed by atoms with E-state index in [1.54, 1.807) is 12.1 Å². The van der Waals surface area contributed by atoms with Crippen molar-refractivity contribution in [2.45, 2.75) is 11.3 Å². The minimum atomic E-state index is -3.69. The lowest BCUT2D eigenvalue weighted by Gasteiger charge is -2.06. The van der Waals surface area contributed by atoms with Crippen LogP contribution in [0.5, 0.6) is 0 Å². The Labute approximate surface area is 110 Å². The monoisotopic (exact) mass is 279 g/mol. The summed E-state index contributed by atoms with van der Waals surface area (Å²) < 4.78 is 26.3. The molecule has 100 valence electrons. The van der Waals surface area contributed by atoms with E-state index in [0.717, 1.165) is 5.56 Å². The van der Waals surface area contributed by atoms with Crippen LogP contribution in [-0.2, 0) is 16.4 Å². The van der Waals surface area contributed by atoms with Crippen LogP contribution in [0.2, 0.25) is 0 Å². The second kappa shape index (κ2) is 5.72. The Morgan fingerprint density at radius 1 is 1.16 bits per heavy atom. The van der Waals surface area contributed by atoms with Crippen LogP contribution < -0.4 is 10.5 Å². The van der Waals surface area contributed by atoms with Crippen molar-refractivity contribution in [2.24, 2.45) is 5.73 Å². The first-order valence-electron chi connectivity index (χ1n) is 5.57. The van der Waals surface area contributed by atoms with Crippen molar-refractivity contribution in [3.8, 4) is 0 Å². The van der Waals surface area contributed by atoms with Crippen molar-refractivity contribution in [1.29, 1.82) is 0 Å². The molecule has 8 heteroatoms. The van der Waals surface area contributed by atoms with E-state index in [9.17, 15) is 8.42 Å². The van der Waals surface area contributed by atoms with Crippen LogP contribution in [0.3, 0.4) is 0 Å². The van der Waals surface area contributed by atoms with Crippen LogP contribution in [0.1, 0.15) is 5.56 Å². The van der Waals surface area contributed by atoms with E-state index in [0.29, 0.717) is 13.0 Å². The Morgan fingerprint density at radius 3 is 2.47 bits per heavy atom. The van der Waals surface area contributed by atoms with Crippen LogP contribution >= 0.6 is 0 Å². The van der Waals surface area contributed by atoms with Crippen LogP contribution in [0, 0.1) is 0 Å². The highest BCUT2D eigenvalue weighted by Gasteiger charge is 2.15. The van der Waals surface area contributed by atoms with Gasteiger partial charge in [0.2, 0.25) is 0 Å². The Balaban J connectivity index is 2.20. The normalized spacial score (nSPS) is 11.2. The van der Waals surface area contributed by atoms with Gasteiger partial charge < -0.3 is 5.73 Å². The number of hydrogen-bond donors (Lipinski definition) is 2. The number of aromatic nitrogens is 3. The first-order chi connectivity index (χ1) is 9.12. The van der Waals surface area contributed by atoms with Crippen molar-refractivity contribution in [2.75, 3.05) is 11.3 Å². The Bertz CT molecular complexity index is 628. The molecule has 0 saturated heterocycles. The fraction of sp³-hybridized carbons (Fsp3) is 0.182. The van der Waals surface area contributed by atoms with E-state index in [2.05, 4.69) is 19.9 Å². The van der Waals surface area contributed by atoms with E-state index in [-0.39, 0.29) is 10.8 Å². The molecule has 0 bridgehead atoms. The molecule has 0 unspecified atom stereocenters. The number of sulfonamides is 1. The van der Waals surface area contributed by atoms with E-state index in [4.69, 9.17) is 5.73 Å². The molecule has 0 atom stereocenters. The summed E-state index contributed by atoms with van der Waals surface area (Å²) in [6.07, 6.45) is 3.42. The molecule has 0 amide bonds. The smallest absolute Gasteiger partial charge is 0.264 e. The Kier molecular flexibility index (Phi) is 4.03. The van der Waals surface area contributed by atoms with E-state index >= 15 is 0 Å². The van der Waals surface area contributed by atoms with E-state index < -0.39 is 10.0 Å². The molecule has 1 aromatic carbocycles. The van der Waals surface area contributed by atoms with Crippen LogP contribution in [0.25, 0.3) is 0 Å². The zero-order valence-corrected chi connectivity index (χ0v) is 10.8. The van der Waals surface area contributed by atoms with Crippen molar-refractivity contribution >= 4 is 16.0 Å². The number of nitrogens with zero attached hydrogens (tertiary/aromatic N) is 3. The summed E-state index contributed by atoms with van der Waals surface area (Å²) in [6, 6.07) is 6.49. The molecule has 1 heterocycles. The first-order valence-corrected chi connectivity index (χ1v) is 7.05. The first kappa shape index (κ1) is 13.4. The number of benzene rings is 1. The third-order valence-electron chi connectivity index (χ3n) is 2.37.